The van der Waals surface area contributed by atoms with Gasteiger partial charge in [-0.25, -0.2) is 0 Å². The molecule has 2 atom stereocenters. The summed E-state index contributed by atoms with van der Waals surface area (Å²) in [5, 5.41) is 4.50. The van der Waals surface area contributed by atoms with E-state index in [0.717, 1.165) is 44.5 Å². The van der Waals surface area contributed by atoms with Crippen LogP contribution in [-0.2, 0) is 17.8 Å². The number of hydrogen-bond acceptors (Lipinski definition) is 4. The van der Waals surface area contributed by atoms with Crippen molar-refractivity contribution in [3.8, 4) is 0 Å². The third kappa shape index (κ3) is 5.63. The molecule has 3 aromatic rings. The summed E-state index contributed by atoms with van der Waals surface area (Å²) >= 11 is 0. The van der Waals surface area contributed by atoms with Gasteiger partial charge in [-0.1, -0.05) is 18.2 Å². The summed E-state index contributed by atoms with van der Waals surface area (Å²) in [4.78, 5) is 25.7. The van der Waals surface area contributed by atoms with E-state index in [1.54, 1.807) is 0 Å². The first-order valence-corrected chi connectivity index (χ1v) is 12.4. The van der Waals surface area contributed by atoms with Crippen LogP contribution in [0.4, 0.5) is 0 Å². The number of rotatable bonds is 8. The Morgan fingerprint density at radius 3 is 2.73 bits per heavy atom. The summed E-state index contributed by atoms with van der Waals surface area (Å²) < 4.78 is 0. The number of benzene rings is 1. The van der Waals surface area contributed by atoms with Crippen LogP contribution in [0.1, 0.15) is 30.4 Å². The van der Waals surface area contributed by atoms with Crippen molar-refractivity contribution < 1.29 is 4.79 Å². The number of likely N-dealkylation sites (tertiary alicyclic amines) is 2. The first-order chi connectivity index (χ1) is 16.2. The normalized spacial score (nSPS) is 22.1. The molecule has 0 radical (unpaired) electrons. The Morgan fingerprint density at radius 2 is 1.88 bits per heavy atom. The molecule has 33 heavy (non-hydrogen) atoms. The zero-order valence-corrected chi connectivity index (χ0v) is 19.4. The smallest absolute Gasteiger partial charge is 0.224 e. The fourth-order valence-electron chi connectivity index (χ4n) is 5.63. The van der Waals surface area contributed by atoms with Crippen molar-refractivity contribution in [3.05, 3.63) is 66.1 Å². The molecule has 2 aliphatic heterocycles. The molecule has 1 amide bonds. The number of nitrogens with zero attached hydrogens (tertiary/aromatic N) is 3. The van der Waals surface area contributed by atoms with Gasteiger partial charge >= 0.3 is 0 Å². The fraction of sp³-hybridized carbons (Fsp3) is 0.481. The third-order valence-corrected chi connectivity index (χ3v) is 7.22. The van der Waals surface area contributed by atoms with Crippen LogP contribution in [0.15, 0.2) is 55.0 Å². The average Bonchev–Trinajstić information content (AvgIpc) is 3.50. The number of nitrogens with one attached hydrogen (secondary N) is 2. The summed E-state index contributed by atoms with van der Waals surface area (Å²) in [6.45, 7) is 7.00. The van der Waals surface area contributed by atoms with Crippen molar-refractivity contribution in [2.75, 3.05) is 39.3 Å². The first kappa shape index (κ1) is 22.1. The van der Waals surface area contributed by atoms with Gasteiger partial charge in [0.2, 0.25) is 5.91 Å². The Balaban J connectivity index is 1.20. The summed E-state index contributed by atoms with van der Waals surface area (Å²) in [6, 6.07) is 12.5. The fourth-order valence-corrected chi connectivity index (χ4v) is 5.63. The quantitative estimate of drug-likeness (QED) is 0.557. The Kier molecular flexibility index (Phi) is 7.03. The molecule has 2 saturated heterocycles. The van der Waals surface area contributed by atoms with Gasteiger partial charge in [-0.2, -0.15) is 0 Å². The van der Waals surface area contributed by atoms with Gasteiger partial charge in [0.25, 0.3) is 0 Å². The molecule has 2 aromatic heterocycles. The second-order valence-electron chi connectivity index (χ2n) is 9.76. The van der Waals surface area contributed by atoms with Crippen LogP contribution in [0, 0.1) is 11.8 Å². The molecule has 1 aromatic carbocycles. The standard InChI is InChI=1S/C27H35N5O/c33-27(29-12-9-23-16-30-26-6-2-1-5-25(23)26)24-15-22(18-31-13-3-4-14-31)19-32(20-24)17-21-7-10-28-11-8-21/h1-2,5-8,10-11,16,22,24,30H,3-4,9,12-15,17-20H2,(H,29,33)/t22-,24-/m1/s1. The van der Waals surface area contributed by atoms with Crippen molar-refractivity contribution in [1.82, 2.24) is 25.1 Å². The lowest BCUT2D eigenvalue weighted by molar-refractivity contribution is -0.127. The molecule has 0 saturated carbocycles. The monoisotopic (exact) mass is 445 g/mol. The molecule has 2 aliphatic rings. The molecular weight excluding hydrogens is 410 g/mol. The number of aromatic nitrogens is 2. The van der Waals surface area contributed by atoms with Crippen molar-refractivity contribution >= 4 is 16.8 Å². The lowest BCUT2D eigenvalue weighted by Gasteiger charge is -2.38. The molecule has 0 bridgehead atoms. The lowest BCUT2D eigenvalue weighted by atomic mass is 9.87. The van der Waals surface area contributed by atoms with Gasteiger partial charge in [0.05, 0.1) is 5.92 Å². The minimum Gasteiger partial charge on any atom is -0.361 e. The number of piperidine rings is 1. The van der Waals surface area contributed by atoms with Crippen LogP contribution < -0.4 is 5.32 Å². The summed E-state index contributed by atoms with van der Waals surface area (Å²) in [6.07, 6.45) is 10.2. The third-order valence-electron chi connectivity index (χ3n) is 7.22. The zero-order valence-electron chi connectivity index (χ0n) is 19.4. The van der Waals surface area contributed by atoms with E-state index in [-0.39, 0.29) is 11.8 Å². The molecule has 6 heteroatoms. The number of fused-ring (bicyclic) bond motifs is 1. The Hall–Kier alpha value is -2.70. The number of aromatic amines is 1. The number of H-pyrrole nitrogens is 1. The molecule has 4 heterocycles. The average molecular weight is 446 g/mol. The van der Waals surface area contributed by atoms with Gasteiger partial charge in [-0.15, -0.1) is 0 Å². The highest BCUT2D eigenvalue weighted by atomic mass is 16.1. The van der Waals surface area contributed by atoms with E-state index in [1.165, 1.54) is 42.4 Å². The number of hydrogen-bond donors (Lipinski definition) is 2. The SMILES string of the molecule is O=C(NCCc1c[nH]c2ccccc12)[C@@H]1C[C@H](CN2CCCC2)CN(Cc2ccncc2)C1. The molecule has 2 fully saturated rings. The number of carbonyl (C=O) groups excluding carboxylic acids is 1. The van der Waals surface area contributed by atoms with Gasteiger partial charge in [0, 0.05) is 62.2 Å². The minimum absolute atomic E-state index is 0.0520. The molecular formula is C27H35N5O. The van der Waals surface area contributed by atoms with Gasteiger partial charge in [0.15, 0.2) is 0 Å². The largest absolute Gasteiger partial charge is 0.361 e. The molecule has 174 valence electrons. The van der Waals surface area contributed by atoms with Crippen molar-refractivity contribution in [3.63, 3.8) is 0 Å². The van der Waals surface area contributed by atoms with Crippen LogP contribution in [-0.4, -0.2) is 64.9 Å². The van der Waals surface area contributed by atoms with E-state index in [4.69, 9.17) is 0 Å². The minimum atomic E-state index is 0.0520. The molecule has 2 N–H and O–H groups in total. The number of carbonyl (C=O) groups is 1. The van der Waals surface area contributed by atoms with E-state index in [9.17, 15) is 4.79 Å². The molecule has 6 nitrogen and oxygen atoms in total. The second-order valence-corrected chi connectivity index (χ2v) is 9.76. The predicted octanol–water partition coefficient (Wildman–Crippen LogP) is 3.46. The lowest BCUT2D eigenvalue weighted by Crippen LogP contribution is -2.48. The Labute approximate surface area is 196 Å². The van der Waals surface area contributed by atoms with E-state index in [0.29, 0.717) is 12.5 Å². The highest BCUT2D eigenvalue weighted by Crippen LogP contribution is 2.26. The van der Waals surface area contributed by atoms with Gasteiger partial charge in [-0.05, 0) is 74.0 Å². The van der Waals surface area contributed by atoms with E-state index < -0.39 is 0 Å². The Bertz CT molecular complexity index is 1040. The number of pyridine rings is 1. The van der Waals surface area contributed by atoms with E-state index in [1.807, 2.05) is 18.5 Å². The molecule has 0 spiro atoms. The van der Waals surface area contributed by atoms with Crippen LogP contribution in [0.5, 0.6) is 0 Å². The topological polar surface area (TPSA) is 64.3 Å². The summed E-state index contributed by atoms with van der Waals surface area (Å²) in [5.74, 6) is 0.805. The number of para-hydroxylation sites is 1. The van der Waals surface area contributed by atoms with E-state index in [2.05, 4.69) is 61.6 Å². The molecule has 0 unspecified atom stereocenters. The van der Waals surface area contributed by atoms with Crippen LogP contribution in [0.25, 0.3) is 10.9 Å². The van der Waals surface area contributed by atoms with Gasteiger partial charge < -0.3 is 15.2 Å². The maximum absolute atomic E-state index is 13.2. The van der Waals surface area contributed by atoms with Gasteiger partial charge in [-0.3, -0.25) is 14.7 Å². The maximum atomic E-state index is 13.2. The predicted molar refractivity (Wildman–Crippen MR) is 132 cm³/mol. The summed E-state index contributed by atoms with van der Waals surface area (Å²) in [7, 11) is 0. The highest BCUT2D eigenvalue weighted by Gasteiger charge is 2.32. The zero-order chi connectivity index (χ0) is 22.5. The van der Waals surface area contributed by atoms with E-state index >= 15 is 0 Å². The molecule has 5 rings (SSSR count). The van der Waals surface area contributed by atoms with Crippen molar-refractivity contribution in [1.29, 1.82) is 0 Å². The summed E-state index contributed by atoms with van der Waals surface area (Å²) in [5.41, 5.74) is 3.69. The maximum Gasteiger partial charge on any atom is 0.224 e. The van der Waals surface area contributed by atoms with Crippen LogP contribution in [0.2, 0.25) is 0 Å². The second kappa shape index (κ2) is 10.5. The number of amides is 1. The molecule has 0 aliphatic carbocycles. The Morgan fingerprint density at radius 1 is 1.06 bits per heavy atom. The first-order valence-electron chi connectivity index (χ1n) is 12.4. The van der Waals surface area contributed by atoms with Crippen molar-refractivity contribution in [2.24, 2.45) is 11.8 Å². The van der Waals surface area contributed by atoms with Crippen LogP contribution in [0.3, 0.4) is 0 Å². The van der Waals surface area contributed by atoms with Gasteiger partial charge in [0.1, 0.15) is 0 Å². The van der Waals surface area contributed by atoms with Crippen LogP contribution >= 0.6 is 0 Å². The van der Waals surface area contributed by atoms with Crippen molar-refractivity contribution in [2.45, 2.75) is 32.2 Å². The highest BCUT2D eigenvalue weighted by molar-refractivity contribution is 5.83.